The maximum Gasteiger partial charge on any atom is 0.251 e. The Hall–Kier alpha value is -0.210. The minimum atomic E-state index is -3.57. The quantitative estimate of drug-likeness (QED) is 0.820. The van der Waals surface area contributed by atoms with Gasteiger partial charge in [0.25, 0.3) is 10.0 Å². The Morgan fingerprint density at radius 1 is 1.79 bits per heavy atom. The number of halogens is 1. The van der Waals surface area contributed by atoms with Crippen LogP contribution in [0, 0.1) is 0 Å². The first kappa shape index (κ1) is 11.9. The van der Waals surface area contributed by atoms with Crippen LogP contribution in [0.4, 0.5) is 0 Å². The third-order valence-electron chi connectivity index (χ3n) is 1.29. The number of aliphatic hydroxyl groups excluding tert-OH is 1. The van der Waals surface area contributed by atoms with Crippen molar-refractivity contribution in [2.75, 3.05) is 6.54 Å². The Bertz CT molecular complexity index is 401. The van der Waals surface area contributed by atoms with Crippen molar-refractivity contribution in [3.8, 4) is 0 Å². The van der Waals surface area contributed by atoms with Crippen molar-refractivity contribution in [2.45, 2.75) is 17.2 Å². The van der Waals surface area contributed by atoms with Gasteiger partial charge in [-0.25, -0.2) is 18.1 Å². The summed E-state index contributed by atoms with van der Waals surface area (Å²) in [4.78, 5) is 3.61. The van der Waals surface area contributed by atoms with Gasteiger partial charge in [0, 0.05) is 6.54 Å². The van der Waals surface area contributed by atoms with E-state index in [1.807, 2.05) is 0 Å². The van der Waals surface area contributed by atoms with E-state index in [4.69, 9.17) is 16.7 Å². The lowest BCUT2D eigenvalue weighted by molar-refractivity contribution is 0.198. The van der Waals surface area contributed by atoms with Crippen LogP contribution in [0.3, 0.4) is 0 Å². The highest BCUT2D eigenvalue weighted by atomic mass is 35.5. The molecule has 0 bridgehead atoms. The number of rotatable bonds is 4. The summed E-state index contributed by atoms with van der Waals surface area (Å²) in [6.45, 7) is 1.46. The number of nitrogens with zero attached hydrogens (tertiary/aromatic N) is 1. The lowest BCUT2D eigenvalue weighted by Crippen LogP contribution is -2.30. The predicted octanol–water partition coefficient (Wildman–Crippen LogP) is 0.456. The molecule has 14 heavy (non-hydrogen) atoms. The summed E-state index contributed by atoms with van der Waals surface area (Å²) >= 11 is 6.36. The van der Waals surface area contributed by atoms with Crippen LogP contribution >= 0.6 is 22.9 Å². The summed E-state index contributed by atoms with van der Waals surface area (Å²) in [6, 6.07) is 0. The smallest absolute Gasteiger partial charge is 0.251 e. The number of thiazole rings is 1. The van der Waals surface area contributed by atoms with Gasteiger partial charge in [0.2, 0.25) is 0 Å². The van der Waals surface area contributed by atoms with E-state index in [9.17, 15) is 8.42 Å². The number of nitrogens with one attached hydrogen (secondary N) is 1. The van der Waals surface area contributed by atoms with Crippen molar-refractivity contribution in [1.29, 1.82) is 0 Å². The molecule has 0 amide bonds. The van der Waals surface area contributed by atoms with Crippen molar-refractivity contribution in [3.63, 3.8) is 0 Å². The van der Waals surface area contributed by atoms with Crippen molar-refractivity contribution >= 4 is 33.0 Å². The van der Waals surface area contributed by atoms with Gasteiger partial charge < -0.3 is 5.11 Å². The van der Waals surface area contributed by atoms with Gasteiger partial charge in [-0.3, -0.25) is 0 Å². The Kier molecular flexibility index (Phi) is 3.85. The van der Waals surface area contributed by atoms with E-state index in [-0.39, 0.29) is 15.2 Å². The molecular formula is C6H9ClN2O3S2. The first-order valence-corrected chi connectivity index (χ1v) is 6.38. The molecule has 0 fully saturated rings. The van der Waals surface area contributed by atoms with Crippen LogP contribution in [0.15, 0.2) is 10.4 Å². The second-order valence-electron chi connectivity index (χ2n) is 2.63. The van der Waals surface area contributed by atoms with Crippen molar-refractivity contribution in [1.82, 2.24) is 9.71 Å². The predicted molar refractivity (Wildman–Crippen MR) is 54.0 cm³/mol. The fourth-order valence-electron chi connectivity index (χ4n) is 0.665. The topological polar surface area (TPSA) is 79.3 Å². The molecule has 0 unspecified atom stereocenters. The fraction of sp³-hybridized carbons (Fsp3) is 0.500. The molecule has 1 aromatic rings. The van der Waals surface area contributed by atoms with Crippen LogP contribution in [-0.4, -0.2) is 31.2 Å². The van der Waals surface area contributed by atoms with Crippen LogP contribution in [-0.2, 0) is 10.0 Å². The third-order valence-corrected chi connectivity index (χ3v) is 4.29. The zero-order chi connectivity index (χ0) is 10.8. The largest absolute Gasteiger partial charge is 0.392 e. The molecule has 0 saturated heterocycles. The molecule has 1 heterocycles. The monoisotopic (exact) mass is 256 g/mol. The lowest BCUT2D eigenvalue weighted by Gasteiger charge is -2.05. The van der Waals surface area contributed by atoms with E-state index in [0.717, 1.165) is 11.3 Å². The fourth-order valence-corrected chi connectivity index (χ4v) is 3.12. The van der Waals surface area contributed by atoms with Gasteiger partial charge in [0.05, 0.1) is 12.3 Å². The van der Waals surface area contributed by atoms with E-state index in [1.54, 1.807) is 0 Å². The average Bonchev–Trinajstić information content (AvgIpc) is 2.49. The molecule has 5 nitrogen and oxygen atoms in total. The molecule has 1 aromatic heterocycles. The summed E-state index contributed by atoms with van der Waals surface area (Å²) in [5, 5.41) is 8.90. The van der Waals surface area contributed by atoms with Gasteiger partial charge in [-0.05, 0) is 6.92 Å². The Labute approximate surface area is 90.8 Å². The van der Waals surface area contributed by atoms with Gasteiger partial charge >= 0.3 is 0 Å². The number of aliphatic hydroxyl groups is 1. The highest BCUT2D eigenvalue weighted by Gasteiger charge is 2.17. The molecular weight excluding hydrogens is 248 g/mol. The molecule has 0 saturated carbocycles. The van der Waals surface area contributed by atoms with E-state index < -0.39 is 16.1 Å². The number of hydrogen-bond acceptors (Lipinski definition) is 5. The summed E-state index contributed by atoms with van der Waals surface area (Å²) in [6.07, 6.45) is 0.449. The molecule has 8 heteroatoms. The minimum absolute atomic E-state index is 0.0299. The van der Waals surface area contributed by atoms with Crippen LogP contribution < -0.4 is 4.72 Å². The number of sulfonamides is 1. The summed E-state index contributed by atoms with van der Waals surface area (Å²) < 4.78 is 25.3. The van der Waals surface area contributed by atoms with E-state index >= 15 is 0 Å². The molecule has 1 atom stereocenters. The van der Waals surface area contributed by atoms with Crippen LogP contribution in [0.1, 0.15) is 6.92 Å². The molecule has 2 N–H and O–H groups in total. The molecule has 0 aliphatic heterocycles. The zero-order valence-corrected chi connectivity index (χ0v) is 9.66. The molecule has 1 rings (SSSR count). The minimum Gasteiger partial charge on any atom is -0.392 e. The standard InChI is InChI=1S/C6H9ClN2O3S2/c1-4(10)2-9-14(11,12)5-3-8-6(7)13-5/h3-4,9-10H,2H2,1H3/t4-/m0/s1. The Balaban J connectivity index is 2.76. The Morgan fingerprint density at radius 3 is 2.86 bits per heavy atom. The SMILES string of the molecule is C[C@H](O)CNS(=O)(=O)c1cnc(Cl)s1. The van der Waals surface area contributed by atoms with Crippen LogP contribution in [0.2, 0.25) is 4.47 Å². The third kappa shape index (κ3) is 3.18. The molecule has 0 radical (unpaired) electrons. The second-order valence-corrected chi connectivity index (χ2v) is 6.24. The summed E-state index contributed by atoms with van der Waals surface area (Å²) in [7, 11) is -3.57. The van der Waals surface area contributed by atoms with E-state index in [1.165, 1.54) is 13.1 Å². The van der Waals surface area contributed by atoms with E-state index in [2.05, 4.69) is 9.71 Å². The van der Waals surface area contributed by atoms with Crippen molar-refractivity contribution in [3.05, 3.63) is 10.7 Å². The van der Waals surface area contributed by atoms with Crippen LogP contribution in [0.25, 0.3) is 0 Å². The number of hydrogen-bond donors (Lipinski definition) is 2. The Morgan fingerprint density at radius 2 is 2.43 bits per heavy atom. The van der Waals surface area contributed by atoms with Crippen LogP contribution in [0.5, 0.6) is 0 Å². The molecule has 80 valence electrons. The van der Waals surface area contributed by atoms with Gasteiger partial charge in [0.1, 0.15) is 0 Å². The highest BCUT2D eigenvalue weighted by Crippen LogP contribution is 2.21. The van der Waals surface area contributed by atoms with E-state index in [0.29, 0.717) is 0 Å². The van der Waals surface area contributed by atoms with Gasteiger partial charge in [-0.2, -0.15) is 0 Å². The molecule has 0 aliphatic carbocycles. The second kappa shape index (κ2) is 4.54. The average molecular weight is 257 g/mol. The maximum absolute atomic E-state index is 11.4. The first-order chi connectivity index (χ1) is 6.42. The van der Waals surface area contributed by atoms with Crippen molar-refractivity contribution in [2.24, 2.45) is 0 Å². The summed E-state index contributed by atoms with van der Waals surface area (Å²) in [5.41, 5.74) is 0. The summed E-state index contributed by atoms with van der Waals surface area (Å²) in [5.74, 6) is 0. The lowest BCUT2D eigenvalue weighted by atomic mass is 10.4. The first-order valence-electron chi connectivity index (χ1n) is 3.71. The zero-order valence-electron chi connectivity index (χ0n) is 7.27. The maximum atomic E-state index is 11.4. The van der Waals surface area contributed by atoms with Gasteiger partial charge in [-0.15, -0.1) is 0 Å². The normalized spacial score (nSPS) is 14.2. The van der Waals surface area contributed by atoms with Gasteiger partial charge in [0.15, 0.2) is 8.68 Å². The number of aromatic nitrogens is 1. The molecule has 0 aromatic carbocycles. The molecule has 0 spiro atoms. The molecule has 0 aliphatic rings. The van der Waals surface area contributed by atoms with Crippen molar-refractivity contribution < 1.29 is 13.5 Å². The van der Waals surface area contributed by atoms with Gasteiger partial charge in [-0.1, -0.05) is 22.9 Å². The highest BCUT2D eigenvalue weighted by molar-refractivity contribution is 7.91.